The van der Waals surface area contributed by atoms with Crippen LogP contribution < -0.4 is 15.2 Å². The predicted octanol–water partition coefficient (Wildman–Crippen LogP) is 6.52. The molecule has 1 aromatic rings. The largest absolute Gasteiger partial charge is 0.508 e. The van der Waals surface area contributed by atoms with Crippen molar-refractivity contribution < 1.29 is 43.2 Å². The lowest BCUT2D eigenvalue weighted by Crippen LogP contribution is -2.42. The fourth-order valence-corrected chi connectivity index (χ4v) is 4.48. The zero-order valence-corrected chi connectivity index (χ0v) is 25.5. The Hall–Kier alpha value is -3.14. The molecule has 5 atom stereocenters. The van der Waals surface area contributed by atoms with Gasteiger partial charge in [-0.05, 0) is 50.8 Å². The average molecular weight is 580 g/mol. The minimum absolute atomic E-state index is 0.00370. The highest BCUT2D eigenvalue weighted by atomic mass is 16.7. The second-order valence-electron chi connectivity index (χ2n) is 10.6. The van der Waals surface area contributed by atoms with Gasteiger partial charge in [-0.3, -0.25) is 14.4 Å². The lowest BCUT2D eigenvalue weighted by atomic mass is 9.79. The Morgan fingerprint density at radius 2 is 1.37 bits per heavy atom. The smallest absolute Gasteiger partial charge is 0.480 e. The molecule has 1 rings (SSSR count). The van der Waals surface area contributed by atoms with E-state index in [0.717, 1.165) is 32.1 Å². The highest BCUT2D eigenvalue weighted by Crippen LogP contribution is 2.37. The number of rotatable bonds is 19. The lowest BCUT2D eigenvalue weighted by Gasteiger charge is -2.31. The van der Waals surface area contributed by atoms with Gasteiger partial charge in [0.05, 0.1) is 0 Å². The predicted molar refractivity (Wildman–Crippen MR) is 155 cm³/mol. The molecule has 0 fully saturated rings. The van der Waals surface area contributed by atoms with E-state index < -0.39 is 48.0 Å². The molecule has 0 saturated carbocycles. The van der Waals surface area contributed by atoms with Crippen molar-refractivity contribution in [2.75, 3.05) is 0 Å². The molecule has 0 spiro atoms. The van der Waals surface area contributed by atoms with Crippen molar-refractivity contribution in [2.45, 2.75) is 130 Å². The Kier molecular flexibility index (Phi) is 16.7. The van der Waals surface area contributed by atoms with Crippen LogP contribution in [0.25, 0.3) is 0 Å². The van der Waals surface area contributed by atoms with Crippen LogP contribution in [0.5, 0.6) is 11.5 Å². The molecule has 10 heteroatoms. The second kappa shape index (κ2) is 19.1. The second-order valence-corrected chi connectivity index (χ2v) is 10.6. The van der Waals surface area contributed by atoms with Crippen LogP contribution in [-0.4, -0.2) is 47.4 Å². The molecule has 3 N–H and O–H groups in total. The summed E-state index contributed by atoms with van der Waals surface area (Å²) in [6.45, 7) is 11.2. The van der Waals surface area contributed by atoms with Crippen molar-refractivity contribution in [2.24, 2.45) is 11.7 Å². The summed E-state index contributed by atoms with van der Waals surface area (Å²) < 4.78 is 21.9. The number of benzene rings is 1. The van der Waals surface area contributed by atoms with Gasteiger partial charge in [-0.25, -0.2) is 4.79 Å². The quantitative estimate of drug-likeness (QED) is 0.105. The fourth-order valence-electron chi connectivity index (χ4n) is 4.48. The van der Waals surface area contributed by atoms with Gasteiger partial charge in [0, 0.05) is 24.7 Å². The molecule has 0 radical (unpaired) electrons. The van der Waals surface area contributed by atoms with Crippen molar-refractivity contribution in [1.29, 1.82) is 0 Å². The number of hydrogen-bond acceptors (Lipinski definition) is 9. The molecule has 1 aromatic carbocycles. The third kappa shape index (κ3) is 12.9. The fraction of sp³-hybridized carbons (Fsp3) is 0.677. The van der Waals surface area contributed by atoms with Crippen LogP contribution >= 0.6 is 0 Å². The maximum Gasteiger partial charge on any atom is 0.508 e. The van der Waals surface area contributed by atoms with Crippen LogP contribution in [0.1, 0.15) is 117 Å². The van der Waals surface area contributed by atoms with E-state index in [9.17, 15) is 24.3 Å². The normalized spacial score (nSPS) is 14.7. The minimum atomic E-state index is -1.37. The molecule has 0 aliphatic heterocycles. The Labute approximate surface area is 244 Å². The number of carbonyl (C=O) groups is 4. The van der Waals surface area contributed by atoms with Gasteiger partial charge in [0.2, 0.25) is 0 Å². The zero-order valence-electron chi connectivity index (χ0n) is 25.5. The first-order valence-electron chi connectivity index (χ1n) is 14.9. The third-order valence-electron chi connectivity index (χ3n) is 7.02. The summed E-state index contributed by atoms with van der Waals surface area (Å²) in [5.41, 5.74) is 6.57. The van der Waals surface area contributed by atoms with Crippen molar-refractivity contribution in [1.82, 2.24) is 0 Å². The van der Waals surface area contributed by atoms with Gasteiger partial charge in [0.15, 0.2) is 11.5 Å². The summed E-state index contributed by atoms with van der Waals surface area (Å²) in [7, 11) is 0. The number of ether oxygens (including phenoxy) is 4. The first-order chi connectivity index (χ1) is 19.4. The molecule has 0 amide bonds. The van der Waals surface area contributed by atoms with E-state index >= 15 is 0 Å². The number of carbonyl (C=O) groups excluding carboxylic acids is 3. The number of aliphatic carboxylic acids is 1. The van der Waals surface area contributed by atoms with Gasteiger partial charge in [0.25, 0.3) is 0 Å². The van der Waals surface area contributed by atoms with E-state index in [-0.39, 0.29) is 30.4 Å². The Morgan fingerprint density at radius 1 is 0.805 bits per heavy atom. The van der Waals surface area contributed by atoms with Crippen LogP contribution in [0.3, 0.4) is 0 Å². The van der Waals surface area contributed by atoms with Crippen molar-refractivity contribution in [3.8, 4) is 11.5 Å². The summed E-state index contributed by atoms with van der Waals surface area (Å²) in [4.78, 5) is 49.4. The number of carboxylic acid groups (broad SMARTS) is 1. The van der Waals surface area contributed by atoms with Gasteiger partial charge in [-0.1, -0.05) is 65.9 Å². The van der Waals surface area contributed by atoms with Crippen LogP contribution in [0, 0.1) is 5.92 Å². The molecule has 10 nitrogen and oxygen atoms in total. The first kappa shape index (κ1) is 35.9. The summed E-state index contributed by atoms with van der Waals surface area (Å²) in [6, 6.07) is 3.16. The van der Waals surface area contributed by atoms with Gasteiger partial charge < -0.3 is 29.8 Å². The monoisotopic (exact) mass is 579 g/mol. The summed E-state index contributed by atoms with van der Waals surface area (Å²) in [6.07, 6.45) is 4.92. The molecule has 0 saturated heterocycles. The van der Waals surface area contributed by atoms with Gasteiger partial charge in [-0.15, -0.1) is 0 Å². The van der Waals surface area contributed by atoms with Crippen LogP contribution in [0.2, 0.25) is 0 Å². The first-order valence-corrected chi connectivity index (χ1v) is 14.9. The zero-order chi connectivity index (χ0) is 30.9. The number of unbranched alkanes of at least 4 members (excludes halogenated alkanes) is 4. The Balaban J connectivity index is 3.32. The highest BCUT2D eigenvalue weighted by Gasteiger charge is 2.36. The Morgan fingerprint density at radius 3 is 1.88 bits per heavy atom. The standard InChI is InChI=1S/C31H49NO9/c1-7-10-12-15-26(33)40-24-18-17-23(19-25(24)41-27(34)16-13-11-8-2)28(29(32)30(35)36)21(5)22(6)39-31(37)38-20(4)14-9-3/h17-22,28-29H,7-16,32H2,1-6H3,(H,35,36)/t20?,21?,22?,28?,29-/m0/s1. The number of carboxylic acids is 1. The van der Waals surface area contributed by atoms with E-state index in [0.29, 0.717) is 24.8 Å². The van der Waals surface area contributed by atoms with Gasteiger partial charge >= 0.3 is 24.1 Å². The molecule has 0 aliphatic carbocycles. The average Bonchev–Trinajstić information content (AvgIpc) is 2.90. The number of nitrogens with two attached hydrogens (primary N) is 1. The van der Waals surface area contributed by atoms with Crippen LogP contribution in [-0.2, 0) is 23.9 Å². The number of esters is 2. The van der Waals surface area contributed by atoms with Gasteiger partial charge in [0.1, 0.15) is 18.2 Å². The van der Waals surface area contributed by atoms with Crippen molar-refractivity contribution in [3.63, 3.8) is 0 Å². The molecule has 0 aromatic heterocycles. The summed E-state index contributed by atoms with van der Waals surface area (Å²) in [5, 5.41) is 9.80. The van der Waals surface area contributed by atoms with E-state index in [4.69, 9.17) is 24.7 Å². The lowest BCUT2D eigenvalue weighted by molar-refractivity contribution is -0.140. The molecule has 0 aliphatic rings. The SMILES string of the molecule is CCCCCC(=O)Oc1ccc(C(C(C)C(C)OC(=O)OC(C)CCC)[C@H](N)C(=O)O)cc1OC(=O)CCCCC. The third-order valence-corrected chi connectivity index (χ3v) is 7.02. The minimum Gasteiger partial charge on any atom is -0.480 e. The molecular formula is C31H49NO9. The van der Waals surface area contributed by atoms with Gasteiger partial charge in [-0.2, -0.15) is 0 Å². The molecular weight excluding hydrogens is 530 g/mol. The summed E-state index contributed by atoms with van der Waals surface area (Å²) >= 11 is 0. The topological polar surface area (TPSA) is 151 Å². The van der Waals surface area contributed by atoms with E-state index in [1.54, 1.807) is 26.8 Å². The molecule has 0 heterocycles. The van der Waals surface area contributed by atoms with E-state index in [1.165, 1.54) is 12.1 Å². The summed E-state index contributed by atoms with van der Waals surface area (Å²) in [5.74, 6) is -3.57. The van der Waals surface area contributed by atoms with E-state index in [1.807, 2.05) is 20.8 Å². The van der Waals surface area contributed by atoms with Crippen LogP contribution in [0.4, 0.5) is 4.79 Å². The van der Waals surface area contributed by atoms with E-state index in [2.05, 4.69) is 0 Å². The molecule has 232 valence electrons. The molecule has 41 heavy (non-hydrogen) atoms. The molecule has 4 unspecified atom stereocenters. The van der Waals surface area contributed by atoms with Crippen molar-refractivity contribution in [3.05, 3.63) is 23.8 Å². The van der Waals surface area contributed by atoms with Crippen LogP contribution in [0.15, 0.2) is 18.2 Å². The molecule has 0 bridgehead atoms. The maximum absolute atomic E-state index is 12.6. The maximum atomic E-state index is 12.6. The number of hydrogen-bond donors (Lipinski definition) is 2. The van der Waals surface area contributed by atoms with Crippen molar-refractivity contribution >= 4 is 24.1 Å². The Bertz CT molecular complexity index is 980. The highest BCUT2D eigenvalue weighted by molar-refractivity contribution is 5.77.